The Hall–Kier alpha value is -3.30. The number of anilines is 1. The van der Waals surface area contributed by atoms with Gasteiger partial charge in [-0.2, -0.15) is 0 Å². The first-order chi connectivity index (χ1) is 16.3. The lowest BCUT2D eigenvalue weighted by molar-refractivity contribution is -0.122. The summed E-state index contributed by atoms with van der Waals surface area (Å²) in [4.78, 5) is 21.7. The summed E-state index contributed by atoms with van der Waals surface area (Å²) >= 11 is 0. The van der Waals surface area contributed by atoms with E-state index >= 15 is 0 Å². The minimum absolute atomic E-state index is 0.194. The maximum atomic E-state index is 11.9. The predicted molar refractivity (Wildman–Crippen MR) is 130 cm³/mol. The van der Waals surface area contributed by atoms with E-state index < -0.39 is 6.04 Å². The molecule has 34 heavy (non-hydrogen) atoms. The van der Waals surface area contributed by atoms with Crippen molar-refractivity contribution in [1.29, 1.82) is 0 Å². The van der Waals surface area contributed by atoms with Crippen LogP contribution in [0.3, 0.4) is 0 Å². The number of hydrogen-bond acceptors (Lipinski definition) is 8. The Balaban J connectivity index is 1.73. The van der Waals surface area contributed by atoms with Crippen molar-refractivity contribution in [2.24, 2.45) is 5.73 Å². The molecule has 0 aliphatic carbocycles. The Bertz CT molecular complexity index is 1150. The molecule has 1 atom stereocenters. The first kappa shape index (κ1) is 23.8. The van der Waals surface area contributed by atoms with Gasteiger partial charge in [-0.25, -0.2) is 9.97 Å². The third-order valence-electron chi connectivity index (χ3n) is 6.04. The van der Waals surface area contributed by atoms with Crippen LogP contribution in [-0.4, -0.2) is 46.3 Å². The molecule has 4 N–H and O–H groups in total. The number of hydrogen-bond donors (Lipinski definition) is 3. The number of nitrogens with zero attached hydrogens (tertiary/aromatic N) is 3. The molecule has 3 heterocycles. The van der Waals surface area contributed by atoms with Gasteiger partial charge in [-0.3, -0.25) is 4.79 Å². The third-order valence-corrected chi connectivity index (χ3v) is 6.04. The molecule has 1 aromatic carbocycles. The Labute approximate surface area is 199 Å². The van der Waals surface area contributed by atoms with Crippen LogP contribution in [0, 0.1) is 20.8 Å². The molecule has 9 heteroatoms. The van der Waals surface area contributed by atoms with Crippen molar-refractivity contribution in [3.63, 3.8) is 0 Å². The number of rotatable bonds is 7. The monoisotopic (exact) mass is 464 g/mol. The van der Waals surface area contributed by atoms with Crippen LogP contribution in [0.15, 0.2) is 28.8 Å². The van der Waals surface area contributed by atoms with Gasteiger partial charge in [-0.1, -0.05) is 23.4 Å². The van der Waals surface area contributed by atoms with E-state index in [0.29, 0.717) is 12.4 Å². The smallest absolute Gasteiger partial charge is 0.236 e. The van der Waals surface area contributed by atoms with Crippen molar-refractivity contribution in [3.05, 3.63) is 46.8 Å². The summed E-state index contributed by atoms with van der Waals surface area (Å²) in [7, 11) is 0. The van der Waals surface area contributed by atoms with Gasteiger partial charge in [0.25, 0.3) is 0 Å². The van der Waals surface area contributed by atoms with Gasteiger partial charge in [0.2, 0.25) is 5.91 Å². The molecular formula is C25H32N6O3. The molecule has 1 aliphatic rings. The highest BCUT2D eigenvalue weighted by Crippen LogP contribution is 2.33. The lowest BCUT2D eigenvalue weighted by atomic mass is 10.0. The largest absolute Gasteiger partial charge is 0.381 e. The number of aryl methyl sites for hydroxylation is 2. The molecular weight excluding hydrogens is 432 g/mol. The summed E-state index contributed by atoms with van der Waals surface area (Å²) in [5.41, 5.74) is 10.9. The first-order valence-electron chi connectivity index (χ1n) is 11.6. The summed E-state index contributed by atoms with van der Waals surface area (Å²) < 4.78 is 10.9. The average Bonchev–Trinajstić information content (AvgIpc) is 3.17. The minimum Gasteiger partial charge on any atom is -0.381 e. The fourth-order valence-corrected chi connectivity index (χ4v) is 4.06. The van der Waals surface area contributed by atoms with Crippen LogP contribution in [0.4, 0.5) is 5.82 Å². The molecule has 3 aromatic rings. The van der Waals surface area contributed by atoms with Gasteiger partial charge in [0, 0.05) is 36.9 Å². The van der Waals surface area contributed by atoms with Crippen LogP contribution >= 0.6 is 0 Å². The molecule has 0 radical (unpaired) electrons. The maximum Gasteiger partial charge on any atom is 0.236 e. The highest BCUT2D eigenvalue weighted by Gasteiger charge is 2.22. The second-order valence-electron chi connectivity index (χ2n) is 8.81. The summed E-state index contributed by atoms with van der Waals surface area (Å²) in [6.07, 6.45) is 1.85. The van der Waals surface area contributed by atoms with Gasteiger partial charge >= 0.3 is 0 Å². The number of aromatic nitrogens is 3. The quantitative estimate of drug-likeness (QED) is 0.486. The van der Waals surface area contributed by atoms with E-state index in [9.17, 15) is 4.79 Å². The van der Waals surface area contributed by atoms with Crippen molar-refractivity contribution in [2.75, 3.05) is 18.5 Å². The first-order valence-corrected chi connectivity index (χ1v) is 11.6. The van der Waals surface area contributed by atoms with Gasteiger partial charge in [-0.15, -0.1) is 0 Å². The molecule has 0 spiro atoms. The molecule has 1 amide bonds. The summed E-state index contributed by atoms with van der Waals surface area (Å²) in [5, 5.41) is 10.6. The lowest BCUT2D eigenvalue weighted by Crippen LogP contribution is -2.37. The van der Waals surface area contributed by atoms with Gasteiger partial charge in [0.05, 0.1) is 23.0 Å². The van der Waals surface area contributed by atoms with E-state index in [-0.39, 0.29) is 11.9 Å². The van der Waals surface area contributed by atoms with Gasteiger partial charge in [0.1, 0.15) is 11.6 Å². The molecule has 1 aliphatic heterocycles. The van der Waals surface area contributed by atoms with Crippen molar-refractivity contribution in [2.45, 2.75) is 59.2 Å². The average molecular weight is 465 g/mol. The van der Waals surface area contributed by atoms with Gasteiger partial charge < -0.3 is 25.6 Å². The molecule has 1 saturated heterocycles. The number of nitrogens with two attached hydrogens (primary N) is 1. The van der Waals surface area contributed by atoms with E-state index in [0.717, 1.165) is 71.3 Å². The van der Waals surface area contributed by atoms with Crippen molar-refractivity contribution in [3.8, 4) is 22.6 Å². The van der Waals surface area contributed by atoms with Gasteiger partial charge in [-0.05, 0) is 52.2 Å². The number of ether oxygens (including phenoxy) is 1. The van der Waals surface area contributed by atoms with E-state index in [1.165, 1.54) is 0 Å². The topological polar surface area (TPSA) is 128 Å². The summed E-state index contributed by atoms with van der Waals surface area (Å²) in [5.74, 6) is 1.91. The number of nitrogens with one attached hydrogen (secondary N) is 2. The predicted octanol–water partition coefficient (Wildman–Crippen LogP) is 3.28. The van der Waals surface area contributed by atoms with Crippen LogP contribution < -0.4 is 16.4 Å². The molecule has 0 bridgehead atoms. The number of benzene rings is 1. The van der Waals surface area contributed by atoms with Crippen molar-refractivity contribution >= 4 is 11.7 Å². The van der Waals surface area contributed by atoms with Gasteiger partial charge in [0.15, 0.2) is 5.82 Å². The number of carbonyl (C=O) groups excluding carboxylic acids is 1. The van der Waals surface area contributed by atoms with E-state index in [1.54, 1.807) is 6.92 Å². The fraction of sp³-hybridized carbons (Fsp3) is 0.440. The molecule has 9 nitrogen and oxygen atoms in total. The van der Waals surface area contributed by atoms with Crippen molar-refractivity contribution in [1.82, 2.24) is 20.4 Å². The Morgan fingerprint density at radius 3 is 2.65 bits per heavy atom. The standard InChI is InChI=1S/C25H32N6O3/c1-14-22(21-16(3)31-34-17(21)4)29-24(30-23(14)28-20-8-10-33-11-9-20)19-7-5-6-18(12-19)13-27-25(32)15(2)26/h5-7,12,15,20H,8-11,13,26H2,1-4H3,(H,27,32)(H,28,29,30)/t15-/m0/s1. The van der Waals surface area contributed by atoms with Crippen LogP contribution in [-0.2, 0) is 16.1 Å². The molecule has 4 rings (SSSR count). The Morgan fingerprint density at radius 1 is 1.21 bits per heavy atom. The Morgan fingerprint density at radius 2 is 1.97 bits per heavy atom. The summed E-state index contributed by atoms with van der Waals surface area (Å²) in [6.45, 7) is 9.34. The molecule has 0 saturated carbocycles. The van der Waals surface area contributed by atoms with E-state index in [1.807, 2.05) is 45.0 Å². The molecule has 1 fully saturated rings. The number of carbonyl (C=O) groups is 1. The summed E-state index contributed by atoms with van der Waals surface area (Å²) in [6, 6.07) is 7.58. The fourth-order valence-electron chi connectivity index (χ4n) is 4.06. The lowest BCUT2D eigenvalue weighted by Gasteiger charge is -2.25. The third kappa shape index (κ3) is 5.26. The van der Waals surface area contributed by atoms with E-state index in [4.69, 9.17) is 25.0 Å². The minimum atomic E-state index is -0.556. The second-order valence-corrected chi connectivity index (χ2v) is 8.81. The highest BCUT2D eigenvalue weighted by molar-refractivity contribution is 5.81. The van der Waals surface area contributed by atoms with Crippen LogP contribution in [0.25, 0.3) is 22.6 Å². The molecule has 0 unspecified atom stereocenters. The second kappa shape index (κ2) is 10.3. The van der Waals surface area contributed by atoms with Crippen LogP contribution in [0.1, 0.15) is 42.3 Å². The SMILES string of the molecule is Cc1noc(C)c1-c1nc(-c2cccc(CNC(=O)[C@H](C)N)c2)nc(NC2CCOCC2)c1C. The van der Waals surface area contributed by atoms with Crippen molar-refractivity contribution < 1.29 is 14.1 Å². The molecule has 180 valence electrons. The molecule has 2 aromatic heterocycles. The zero-order valence-electron chi connectivity index (χ0n) is 20.1. The number of amides is 1. The van der Waals surface area contributed by atoms with Crippen LogP contribution in [0.2, 0.25) is 0 Å². The normalized spacial score (nSPS) is 15.2. The van der Waals surface area contributed by atoms with Crippen LogP contribution in [0.5, 0.6) is 0 Å². The van der Waals surface area contributed by atoms with E-state index in [2.05, 4.69) is 15.8 Å². The zero-order valence-corrected chi connectivity index (χ0v) is 20.1. The maximum absolute atomic E-state index is 11.9. The highest BCUT2D eigenvalue weighted by atomic mass is 16.5. The Kier molecular flexibility index (Phi) is 7.23. The zero-order chi connectivity index (χ0) is 24.2.